The molecule has 4 rings (SSSR count). The smallest absolute Gasteiger partial charge is 0.358 e. The van der Waals surface area contributed by atoms with Gasteiger partial charge in [-0.2, -0.15) is 0 Å². The maximum Gasteiger partial charge on any atom is 0.358 e. The molecular formula is C23H18N6O9S2. The number of ether oxygens (including phenoxy) is 1. The van der Waals surface area contributed by atoms with Crippen LogP contribution in [0.4, 0.5) is 10.8 Å². The number of terminal acetylenes is 1. The third-order valence-electron chi connectivity index (χ3n) is 5.39. The van der Waals surface area contributed by atoms with Gasteiger partial charge in [0, 0.05) is 17.5 Å². The van der Waals surface area contributed by atoms with E-state index in [9.17, 15) is 34.4 Å². The molecule has 0 saturated carbocycles. The molecule has 0 radical (unpaired) electrons. The highest BCUT2D eigenvalue weighted by Gasteiger charge is 2.55. The van der Waals surface area contributed by atoms with E-state index in [2.05, 4.69) is 26.7 Å². The van der Waals surface area contributed by atoms with Crippen LogP contribution < -0.4 is 10.6 Å². The maximum absolute atomic E-state index is 13.1. The number of aliphatic hydroxyl groups is 1. The van der Waals surface area contributed by atoms with Gasteiger partial charge >= 0.3 is 5.97 Å². The molecule has 15 nitrogen and oxygen atoms in total. The van der Waals surface area contributed by atoms with E-state index in [0.717, 1.165) is 28.0 Å². The normalized spacial score (nSPS) is 18.1. The van der Waals surface area contributed by atoms with Crippen LogP contribution in [-0.2, 0) is 35.4 Å². The van der Waals surface area contributed by atoms with E-state index in [4.69, 9.17) is 16.0 Å². The number of nitro groups is 1. The van der Waals surface area contributed by atoms with Gasteiger partial charge in [-0.05, 0) is 17.7 Å². The summed E-state index contributed by atoms with van der Waals surface area (Å²) in [6.45, 7) is -0.510. The lowest BCUT2D eigenvalue weighted by atomic mass is 10.0. The molecule has 0 aliphatic carbocycles. The third kappa shape index (κ3) is 5.87. The van der Waals surface area contributed by atoms with Crippen LogP contribution in [0.2, 0.25) is 0 Å². The van der Waals surface area contributed by atoms with E-state index in [1.807, 2.05) is 0 Å². The molecule has 2 atom stereocenters. The molecule has 17 heteroatoms. The number of aromatic nitrogens is 1. The van der Waals surface area contributed by atoms with E-state index < -0.39 is 34.1 Å². The van der Waals surface area contributed by atoms with Gasteiger partial charge in [-0.1, -0.05) is 11.1 Å². The van der Waals surface area contributed by atoms with Crippen LogP contribution in [0.25, 0.3) is 0 Å². The van der Waals surface area contributed by atoms with Crippen LogP contribution in [0.3, 0.4) is 0 Å². The standard InChI is InChI=1S/C23H18N6O9S2/c1-2-7-38-27-16(14-9-40-23(25-14)24-11-30)19(32)26-17-20(33)28-18(15(31)10-39-21(17)28)22(34)37-8-12-3-5-13(6-4-12)29(35)36/h1,3-6,9,11,17,21,31H,7-8,10H2,(H,26,32)(H,24,25,30)/b27-16-/t17?,21-/m1/s1. The topological polar surface area (TPSA) is 203 Å². The Morgan fingerprint density at radius 3 is 2.80 bits per heavy atom. The van der Waals surface area contributed by atoms with E-state index in [-0.39, 0.29) is 52.6 Å². The summed E-state index contributed by atoms with van der Waals surface area (Å²) < 4.78 is 5.22. The quantitative estimate of drug-likeness (QED) is 0.0493. The Bertz CT molecular complexity index is 1460. The number of rotatable bonds is 11. The molecule has 3 N–H and O–H groups in total. The van der Waals surface area contributed by atoms with E-state index in [1.54, 1.807) is 0 Å². The van der Waals surface area contributed by atoms with Gasteiger partial charge < -0.3 is 25.3 Å². The molecule has 0 bridgehead atoms. The van der Waals surface area contributed by atoms with Gasteiger partial charge in [-0.15, -0.1) is 29.5 Å². The van der Waals surface area contributed by atoms with Crippen molar-refractivity contribution in [2.45, 2.75) is 18.0 Å². The molecule has 1 aromatic carbocycles. The first-order valence-electron chi connectivity index (χ1n) is 11.1. The second-order valence-electron chi connectivity index (χ2n) is 7.87. The number of nitro benzene ring substituents is 1. The number of nitrogens with one attached hydrogen (secondary N) is 2. The zero-order valence-corrected chi connectivity index (χ0v) is 21.8. The van der Waals surface area contributed by atoms with Crippen LogP contribution in [0, 0.1) is 22.5 Å². The first kappa shape index (κ1) is 28.1. The molecule has 3 heterocycles. The maximum atomic E-state index is 13.1. The fourth-order valence-electron chi connectivity index (χ4n) is 3.57. The fourth-order valence-corrected chi connectivity index (χ4v) is 5.43. The number of aliphatic hydroxyl groups excluding tert-OH is 1. The van der Waals surface area contributed by atoms with Gasteiger partial charge in [0.15, 0.2) is 23.1 Å². The van der Waals surface area contributed by atoms with Crippen LogP contribution in [0.15, 0.2) is 46.3 Å². The van der Waals surface area contributed by atoms with Crippen LogP contribution in [0.5, 0.6) is 0 Å². The number of carbonyl (C=O) groups is 4. The van der Waals surface area contributed by atoms with Gasteiger partial charge in [-0.3, -0.25) is 29.4 Å². The number of anilines is 1. The number of amides is 3. The average Bonchev–Trinajstić information content (AvgIpc) is 3.41. The second kappa shape index (κ2) is 12.3. The summed E-state index contributed by atoms with van der Waals surface area (Å²) in [7, 11) is 0. The van der Waals surface area contributed by atoms with Gasteiger partial charge in [-0.25, -0.2) is 9.78 Å². The average molecular weight is 587 g/mol. The first-order valence-corrected chi connectivity index (χ1v) is 13.1. The number of thioether (sulfide) groups is 1. The molecule has 40 heavy (non-hydrogen) atoms. The zero-order valence-electron chi connectivity index (χ0n) is 20.1. The lowest BCUT2D eigenvalue weighted by Gasteiger charge is -2.48. The Balaban J connectivity index is 1.44. The summed E-state index contributed by atoms with van der Waals surface area (Å²) in [6.07, 6.45) is 5.56. The summed E-state index contributed by atoms with van der Waals surface area (Å²) in [5, 5.41) is 30.6. The van der Waals surface area contributed by atoms with Gasteiger partial charge in [0.25, 0.3) is 17.5 Å². The van der Waals surface area contributed by atoms with Crippen molar-refractivity contribution < 1.29 is 38.8 Å². The highest BCUT2D eigenvalue weighted by molar-refractivity contribution is 8.00. The van der Waals surface area contributed by atoms with Crippen molar-refractivity contribution in [3.8, 4) is 12.3 Å². The van der Waals surface area contributed by atoms with Crippen LogP contribution >= 0.6 is 23.1 Å². The van der Waals surface area contributed by atoms with E-state index >= 15 is 0 Å². The van der Waals surface area contributed by atoms with Gasteiger partial charge in [0.05, 0.1) is 10.7 Å². The first-order chi connectivity index (χ1) is 19.2. The zero-order chi connectivity index (χ0) is 28.8. The summed E-state index contributed by atoms with van der Waals surface area (Å²) in [6, 6.07) is 4.23. The Kier molecular flexibility index (Phi) is 8.61. The van der Waals surface area contributed by atoms with Gasteiger partial charge in [0.2, 0.25) is 6.41 Å². The van der Waals surface area contributed by atoms with Crippen molar-refractivity contribution in [3.05, 3.63) is 62.5 Å². The summed E-state index contributed by atoms with van der Waals surface area (Å²) >= 11 is 2.13. The number of thiazole rings is 1. The number of hydrogen-bond acceptors (Lipinski definition) is 13. The largest absolute Gasteiger partial charge is 0.509 e. The number of carbonyl (C=O) groups excluding carboxylic acids is 4. The van der Waals surface area contributed by atoms with Crippen LogP contribution in [-0.4, -0.2) is 73.6 Å². The van der Waals surface area contributed by atoms with Crippen molar-refractivity contribution in [2.75, 3.05) is 17.7 Å². The monoisotopic (exact) mass is 586 g/mol. The molecule has 2 aliphatic heterocycles. The van der Waals surface area contributed by atoms with Crippen molar-refractivity contribution in [1.82, 2.24) is 15.2 Å². The molecular weight excluding hydrogens is 568 g/mol. The highest BCUT2D eigenvalue weighted by Crippen LogP contribution is 2.40. The molecule has 2 aliphatic rings. The molecule has 2 aromatic rings. The lowest BCUT2D eigenvalue weighted by molar-refractivity contribution is -0.384. The number of oxime groups is 1. The second-order valence-corrected chi connectivity index (χ2v) is 9.84. The lowest BCUT2D eigenvalue weighted by Crippen LogP contribution is -2.71. The highest BCUT2D eigenvalue weighted by atomic mass is 32.2. The fraction of sp³-hybridized carbons (Fsp3) is 0.217. The van der Waals surface area contributed by atoms with E-state index in [1.165, 1.54) is 29.6 Å². The number of benzene rings is 1. The molecule has 206 valence electrons. The third-order valence-corrected chi connectivity index (χ3v) is 7.43. The van der Waals surface area contributed by atoms with Crippen molar-refractivity contribution in [3.63, 3.8) is 0 Å². The minimum Gasteiger partial charge on any atom is -0.509 e. The molecule has 0 spiro atoms. The number of hydrogen-bond donors (Lipinski definition) is 3. The summed E-state index contributed by atoms with van der Waals surface area (Å²) in [5.41, 5.74) is -0.300. The Hall–Kier alpha value is -4.95. The molecule has 1 unspecified atom stereocenters. The van der Waals surface area contributed by atoms with E-state index in [0.29, 0.717) is 12.0 Å². The van der Waals surface area contributed by atoms with Crippen LogP contribution in [0.1, 0.15) is 11.3 Å². The Labute approximate surface area is 233 Å². The Morgan fingerprint density at radius 1 is 1.38 bits per heavy atom. The summed E-state index contributed by atoms with van der Waals surface area (Å²) in [5.74, 6) is -0.734. The Morgan fingerprint density at radius 2 is 2.12 bits per heavy atom. The predicted octanol–water partition coefficient (Wildman–Crippen LogP) is 0.886. The number of nitrogens with zero attached hydrogens (tertiary/aromatic N) is 4. The molecule has 1 saturated heterocycles. The minimum absolute atomic E-state index is 0.0399. The number of esters is 1. The molecule has 1 fully saturated rings. The SMILES string of the molecule is C#CCO/N=C(\C(=O)NC1C(=O)N2C(C(=O)OCc3ccc([N+](=O)[O-])cc3)=C(O)CS[C@H]12)c1csc(NC=O)n1. The number of β-lactam (4-membered cyclic amide) rings is 1. The van der Waals surface area contributed by atoms with Crippen molar-refractivity contribution in [1.29, 1.82) is 0 Å². The van der Waals surface area contributed by atoms with Gasteiger partial charge in [0.1, 0.15) is 29.5 Å². The number of fused-ring (bicyclic) bond motifs is 1. The number of non-ortho nitro benzene ring substituents is 1. The minimum atomic E-state index is -1.09. The predicted molar refractivity (Wildman–Crippen MR) is 141 cm³/mol. The van der Waals surface area contributed by atoms with Crippen molar-refractivity contribution in [2.24, 2.45) is 5.16 Å². The molecule has 3 amide bonds. The summed E-state index contributed by atoms with van der Waals surface area (Å²) in [4.78, 5) is 69.8. The van der Waals surface area contributed by atoms with Crippen molar-refractivity contribution >= 4 is 63.8 Å². The molecule has 1 aromatic heterocycles.